The molecule has 4 heteroatoms. The third-order valence-corrected chi connectivity index (χ3v) is 5.85. The molecule has 2 nitrogen and oxygen atoms in total. The molecule has 0 radical (unpaired) electrons. The Labute approximate surface area is 123 Å². The van der Waals surface area contributed by atoms with E-state index in [0.717, 1.165) is 23.7 Å². The van der Waals surface area contributed by atoms with Gasteiger partial charge in [0.2, 0.25) is 0 Å². The van der Waals surface area contributed by atoms with Crippen LogP contribution in [-0.4, -0.2) is 11.1 Å². The van der Waals surface area contributed by atoms with Crippen molar-refractivity contribution in [2.75, 3.05) is 0 Å². The summed E-state index contributed by atoms with van der Waals surface area (Å²) < 4.78 is 26.8. The smallest absolute Gasteiger partial charge is 0.187 e. The fraction of sp³-hybridized carbons (Fsp3) is 0.647. The van der Waals surface area contributed by atoms with Gasteiger partial charge in [0.1, 0.15) is 0 Å². The molecule has 5 rings (SSSR count). The van der Waals surface area contributed by atoms with E-state index in [1.807, 2.05) is 0 Å². The Kier molecular flexibility index (Phi) is 3.18. The van der Waals surface area contributed by atoms with Crippen LogP contribution in [0.3, 0.4) is 0 Å². The van der Waals surface area contributed by atoms with E-state index in [9.17, 15) is 8.78 Å². The first-order valence-electron chi connectivity index (χ1n) is 8.00. The van der Waals surface area contributed by atoms with Crippen molar-refractivity contribution in [1.29, 1.82) is 0 Å². The van der Waals surface area contributed by atoms with Crippen LogP contribution in [0.15, 0.2) is 12.1 Å². The molecule has 2 N–H and O–H groups in total. The zero-order valence-corrected chi connectivity index (χ0v) is 12.0. The van der Waals surface area contributed by atoms with Crippen molar-refractivity contribution in [2.45, 2.75) is 44.7 Å². The molecule has 0 unspecified atom stereocenters. The second kappa shape index (κ2) is 4.94. The molecule has 1 aromatic rings. The van der Waals surface area contributed by atoms with E-state index in [1.54, 1.807) is 0 Å². The lowest BCUT2D eigenvalue weighted by Crippen LogP contribution is -2.54. The van der Waals surface area contributed by atoms with E-state index < -0.39 is 17.4 Å². The number of hydrogen-bond acceptors (Lipinski definition) is 2. The molecule has 4 saturated carbocycles. The number of phenols is 1. The van der Waals surface area contributed by atoms with Crippen LogP contribution in [0.4, 0.5) is 8.78 Å². The van der Waals surface area contributed by atoms with Gasteiger partial charge >= 0.3 is 0 Å². The van der Waals surface area contributed by atoms with Crippen LogP contribution in [-0.2, 0) is 6.54 Å². The average Bonchev–Trinajstić information content (AvgIpc) is 2.43. The third-order valence-electron chi connectivity index (χ3n) is 5.85. The van der Waals surface area contributed by atoms with Crippen molar-refractivity contribution in [3.63, 3.8) is 0 Å². The number of aromatic hydroxyl groups is 1. The zero-order valence-electron chi connectivity index (χ0n) is 12.0. The van der Waals surface area contributed by atoms with Gasteiger partial charge in [-0.15, -0.1) is 0 Å². The molecule has 4 aliphatic rings. The Bertz CT molecular complexity index is 509. The highest BCUT2D eigenvalue weighted by molar-refractivity contribution is 5.30. The van der Waals surface area contributed by atoms with Gasteiger partial charge in [-0.05, 0) is 73.5 Å². The summed E-state index contributed by atoms with van der Waals surface area (Å²) in [5.74, 6) is 0.700. The largest absolute Gasteiger partial charge is 0.503 e. The topological polar surface area (TPSA) is 32.3 Å². The maximum Gasteiger partial charge on any atom is 0.187 e. The summed E-state index contributed by atoms with van der Waals surface area (Å²) in [6.45, 7) is 0.473. The van der Waals surface area contributed by atoms with Gasteiger partial charge in [0, 0.05) is 12.6 Å². The second-order valence-electron chi connectivity index (χ2n) is 7.25. The Morgan fingerprint density at radius 3 is 2.00 bits per heavy atom. The van der Waals surface area contributed by atoms with Crippen molar-refractivity contribution >= 4 is 0 Å². The minimum atomic E-state index is -0.881. The summed E-state index contributed by atoms with van der Waals surface area (Å²) in [7, 11) is 0. The molecule has 114 valence electrons. The first-order chi connectivity index (χ1) is 10.1. The molecule has 0 amide bonds. The highest BCUT2D eigenvalue weighted by Crippen LogP contribution is 2.53. The van der Waals surface area contributed by atoms with Crippen LogP contribution in [0.2, 0.25) is 0 Å². The molecule has 0 heterocycles. The Hall–Kier alpha value is -1.16. The number of hydrogen-bond donors (Lipinski definition) is 2. The van der Waals surface area contributed by atoms with Crippen molar-refractivity contribution in [3.8, 4) is 5.75 Å². The second-order valence-corrected chi connectivity index (χ2v) is 7.25. The van der Waals surface area contributed by atoms with E-state index in [2.05, 4.69) is 5.32 Å². The predicted octanol–water partition coefficient (Wildman–Crippen LogP) is 3.58. The minimum absolute atomic E-state index is 0.473. The fourth-order valence-electron chi connectivity index (χ4n) is 5.21. The van der Waals surface area contributed by atoms with Crippen LogP contribution < -0.4 is 5.32 Å². The van der Waals surface area contributed by atoms with Crippen molar-refractivity contribution < 1.29 is 13.9 Å². The molecular formula is C17H21F2NO. The quantitative estimate of drug-likeness (QED) is 0.892. The molecule has 4 bridgehead atoms. The maximum absolute atomic E-state index is 13.4. The molecule has 4 fully saturated rings. The van der Waals surface area contributed by atoms with Crippen LogP contribution in [0.1, 0.15) is 37.7 Å². The summed E-state index contributed by atoms with van der Waals surface area (Å²) in [5.41, 5.74) is 0.566. The SMILES string of the molecule is Oc1c(F)cc(CNC2C3CC4CC(C3)CC2C4)cc1F. The van der Waals surface area contributed by atoms with Crippen LogP contribution in [0, 0.1) is 35.3 Å². The van der Waals surface area contributed by atoms with Gasteiger partial charge in [-0.3, -0.25) is 0 Å². The van der Waals surface area contributed by atoms with E-state index in [0.29, 0.717) is 18.2 Å². The first kappa shape index (κ1) is 13.5. The standard InChI is InChI=1S/C17H21F2NO/c18-14-6-11(7-15(19)17(14)21)8-20-16-12-2-9-1-10(4-12)5-13(16)3-9/h6-7,9-10,12-13,16,20-21H,1-5,8H2. The summed E-state index contributed by atoms with van der Waals surface area (Å²) >= 11 is 0. The van der Waals surface area contributed by atoms with Crippen molar-refractivity contribution in [3.05, 3.63) is 29.3 Å². The minimum Gasteiger partial charge on any atom is -0.503 e. The number of rotatable bonds is 3. The van der Waals surface area contributed by atoms with Crippen molar-refractivity contribution in [1.82, 2.24) is 5.32 Å². The van der Waals surface area contributed by atoms with E-state index in [4.69, 9.17) is 5.11 Å². The predicted molar refractivity (Wildman–Crippen MR) is 75.7 cm³/mol. The summed E-state index contributed by atoms with van der Waals surface area (Å²) in [5, 5.41) is 12.7. The van der Waals surface area contributed by atoms with Gasteiger partial charge < -0.3 is 10.4 Å². The highest BCUT2D eigenvalue weighted by Gasteiger charge is 2.47. The van der Waals surface area contributed by atoms with E-state index in [1.165, 1.54) is 44.2 Å². The molecule has 0 spiro atoms. The zero-order chi connectivity index (χ0) is 14.6. The lowest BCUT2D eigenvalue weighted by molar-refractivity contribution is -0.0142. The normalized spacial score (nSPS) is 37.1. The van der Waals surface area contributed by atoms with Gasteiger partial charge in [0.05, 0.1) is 0 Å². The monoisotopic (exact) mass is 293 g/mol. The Balaban J connectivity index is 1.45. The molecule has 0 saturated heterocycles. The van der Waals surface area contributed by atoms with E-state index in [-0.39, 0.29) is 0 Å². The number of nitrogens with one attached hydrogen (secondary N) is 1. The van der Waals surface area contributed by atoms with Crippen LogP contribution in [0.5, 0.6) is 5.75 Å². The number of phenolic OH excluding ortho intramolecular Hbond substituents is 1. The maximum atomic E-state index is 13.4. The number of halogens is 2. The first-order valence-corrected chi connectivity index (χ1v) is 8.00. The summed E-state index contributed by atoms with van der Waals surface area (Å²) in [6.07, 6.45) is 6.71. The molecule has 0 atom stereocenters. The van der Waals surface area contributed by atoms with Gasteiger partial charge in [0.15, 0.2) is 17.4 Å². The Morgan fingerprint density at radius 2 is 1.48 bits per heavy atom. The fourth-order valence-corrected chi connectivity index (χ4v) is 5.21. The van der Waals surface area contributed by atoms with Crippen LogP contribution in [0.25, 0.3) is 0 Å². The highest BCUT2D eigenvalue weighted by atomic mass is 19.1. The van der Waals surface area contributed by atoms with Crippen LogP contribution >= 0.6 is 0 Å². The molecule has 0 aliphatic heterocycles. The lowest BCUT2D eigenvalue weighted by Gasteiger charge is -2.54. The lowest BCUT2D eigenvalue weighted by atomic mass is 9.54. The Morgan fingerprint density at radius 1 is 0.952 bits per heavy atom. The summed E-state index contributed by atoms with van der Waals surface area (Å²) in [6, 6.07) is 2.95. The summed E-state index contributed by atoms with van der Waals surface area (Å²) in [4.78, 5) is 0. The van der Waals surface area contributed by atoms with Crippen molar-refractivity contribution in [2.24, 2.45) is 23.7 Å². The van der Waals surface area contributed by atoms with Gasteiger partial charge in [-0.25, -0.2) is 8.78 Å². The van der Waals surface area contributed by atoms with Gasteiger partial charge in [0.25, 0.3) is 0 Å². The molecule has 0 aromatic heterocycles. The molecule has 21 heavy (non-hydrogen) atoms. The third kappa shape index (κ3) is 2.33. The van der Waals surface area contributed by atoms with Gasteiger partial charge in [-0.2, -0.15) is 0 Å². The number of benzene rings is 1. The molecule has 1 aromatic carbocycles. The van der Waals surface area contributed by atoms with Gasteiger partial charge in [-0.1, -0.05) is 0 Å². The van der Waals surface area contributed by atoms with E-state index >= 15 is 0 Å². The molecular weight excluding hydrogens is 272 g/mol. The molecule has 4 aliphatic carbocycles. The average molecular weight is 293 g/mol.